The van der Waals surface area contributed by atoms with Gasteiger partial charge < -0.3 is 5.11 Å². The summed E-state index contributed by atoms with van der Waals surface area (Å²) in [4.78, 5) is 0. The van der Waals surface area contributed by atoms with Gasteiger partial charge in [0.1, 0.15) is 0 Å². The molecule has 2 unspecified atom stereocenters. The van der Waals surface area contributed by atoms with Crippen molar-refractivity contribution >= 4 is 10.0 Å². The fourth-order valence-corrected chi connectivity index (χ4v) is 3.11. The number of hydrogen-bond acceptors (Lipinski definition) is 4. The quantitative estimate of drug-likeness (QED) is 0.704. The van der Waals surface area contributed by atoms with Crippen molar-refractivity contribution in [2.75, 3.05) is 13.2 Å². The Morgan fingerprint density at radius 2 is 2.36 bits per heavy atom. The summed E-state index contributed by atoms with van der Waals surface area (Å²) in [6.45, 7) is 1.61. The maximum absolute atomic E-state index is 11.7. The van der Waals surface area contributed by atoms with Crippen LogP contribution in [0.5, 0.6) is 0 Å². The van der Waals surface area contributed by atoms with Gasteiger partial charge in [0.15, 0.2) is 5.25 Å². The number of sulfonamides is 1. The lowest BCUT2D eigenvalue weighted by atomic mass is 10.2. The fourth-order valence-electron chi connectivity index (χ4n) is 1.60. The van der Waals surface area contributed by atoms with Crippen molar-refractivity contribution in [1.29, 1.82) is 5.26 Å². The van der Waals surface area contributed by atoms with Gasteiger partial charge in [-0.25, -0.2) is 8.42 Å². The summed E-state index contributed by atoms with van der Waals surface area (Å²) in [5, 5.41) is 16.5. The maximum Gasteiger partial charge on any atom is 0.230 e. The standard InChI is InChI=1S/C8H14N2O3S/c1-7(5-9)14(12,13)10-4-2-3-8(10)6-11/h7-8,11H,2-4,6H2,1H3. The molecular weight excluding hydrogens is 204 g/mol. The Morgan fingerprint density at radius 3 is 2.86 bits per heavy atom. The van der Waals surface area contributed by atoms with Gasteiger partial charge in [0.25, 0.3) is 0 Å². The molecule has 0 aromatic carbocycles. The first-order chi connectivity index (χ1) is 6.54. The lowest BCUT2D eigenvalue weighted by Crippen LogP contribution is -2.41. The van der Waals surface area contributed by atoms with Gasteiger partial charge >= 0.3 is 0 Å². The van der Waals surface area contributed by atoms with E-state index in [1.54, 1.807) is 6.07 Å². The SMILES string of the molecule is CC(C#N)S(=O)(=O)N1CCCC1CO. The van der Waals surface area contributed by atoms with E-state index in [9.17, 15) is 8.42 Å². The third-order valence-electron chi connectivity index (χ3n) is 2.49. The first-order valence-electron chi connectivity index (χ1n) is 4.55. The Morgan fingerprint density at radius 1 is 1.71 bits per heavy atom. The Balaban J connectivity index is 2.88. The molecule has 1 fully saturated rings. The van der Waals surface area contributed by atoms with Crippen molar-refractivity contribution < 1.29 is 13.5 Å². The summed E-state index contributed by atoms with van der Waals surface area (Å²) in [6, 6.07) is 1.38. The molecule has 0 spiro atoms. The number of rotatable bonds is 3. The van der Waals surface area contributed by atoms with Gasteiger partial charge in [0.05, 0.1) is 12.7 Å². The molecular formula is C8H14N2O3S. The third-order valence-corrected chi connectivity index (χ3v) is 4.62. The smallest absolute Gasteiger partial charge is 0.230 e. The Kier molecular flexibility index (Phi) is 3.48. The summed E-state index contributed by atoms with van der Waals surface area (Å²) in [6.07, 6.45) is 1.43. The average molecular weight is 218 g/mol. The zero-order valence-electron chi connectivity index (χ0n) is 8.05. The van der Waals surface area contributed by atoms with E-state index in [1.165, 1.54) is 11.2 Å². The van der Waals surface area contributed by atoms with Crippen molar-refractivity contribution in [2.45, 2.75) is 31.1 Å². The Bertz CT molecular complexity index is 333. The average Bonchev–Trinajstić information content (AvgIpc) is 2.64. The van der Waals surface area contributed by atoms with Crippen LogP contribution in [0.15, 0.2) is 0 Å². The van der Waals surface area contributed by atoms with Crippen molar-refractivity contribution in [3.8, 4) is 6.07 Å². The second-order valence-electron chi connectivity index (χ2n) is 3.41. The molecule has 5 nitrogen and oxygen atoms in total. The van der Waals surface area contributed by atoms with Gasteiger partial charge in [-0.1, -0.05) is 0 Å². The largest absolute Gasteiger partial charge is 0.395 e. The molecule has 1 heterocycles. The third kappa shape index (κ3) is 1.90. The predicted octanol–water partition coefficient (Wildman–Crippen LogP) is -0.315. The highest BCUT2D eigenvalue weighted by molar-refractivity contribution is 7.90. The van der Waals surface area contributed by atoms with Gasteiger partial charge in [0.2, 0.25) is 10.0 Å². The molecule has 0 aliphatic carbocycles. The van der Waals surface area contributed by atoms with Crippen LogP contribution in [0.25, 0.3) is 0 Å². The van der Waals surface area contributed by atoms with E-state index in [0.29, 0.717) is 13.0 Å². The number of aliphatic hydroxyl groups excluding tert-OH is 1. The number of nitrogens with zero attached hydrogens (tertiary/aromatic N) is 2. The molecule has 1 rings (SSSR count). The first-order valence-corrected chi connectivity index (χ1v) is 6.05. The maximum atomic E-state index is 11.7. The molecule has 2 atom stereocenters. The highest BCUT2D eigenvalue weighted by Crippen LogP contribution is 2.22. The minimum atomic E-state index is -3.54. The van der Waals surface area contributed by atoms with Gasteiger partial charge in [-0.3, -0.25) is 0 Å². The van der Waals surface area contributed by atoms with E-state index in [0.717, 1.165) is 6.42 Å². The summed E-state index contributed by atoms with van der Waals surface area (Å²) in [5.41, 5.74) is 0. The summed E-state index contributed by atoms with van der Waals surface area (Å²) < 4.78 is 24.7. The van der Waals surface area contributed by atoms with Crippen molar-refractivity contribution in [3.63, 3.8) is 0 Å². The van der Waals surface area contributed by atoms with Gasteiger partial charge in [-0.2, -0.15) is 9.57 Å². The Hall–Kier alpha value is -0.640. The lowest BCUT2D eigenvalue weighted by Gasteiger charge is -2.23. The van der Waals surface area contributed by atoms with Crippen molar-refractivity contribution in [3.05, 3.63) is 0 Å². The molecule has 0 aromatic rings. The Labute approximate surface area is 84.0 Å². The van der Waals surface area contributed by atoms with E-state index >= 15 is 0 Å². The normalized spacial score (nSPS) is 25.9. The number of hydrogen-bond donors (Lipinski definition) is 1. The monoisotopic (exact) mass is 218 g/mol. The second-order valence-corrected chi connectivity index (χ2v) is 5.61. The lowest BCUT2D eigenvalue weighted by molar-refractivity contribution is 0.213. The predicted molar refractivity (Wildman–Crippen MR) is 50.8 cm³/mol. The van der Waals surface area contributed by atoms with Crippen LogP contribution in [0.1, 0.15) is 19.8 Å². The van der Waals surface area contributed by atoms with Crippen LogP contribution in [-0.4, -0.2) is 42.3 Å². The molecule has 1 saturated heterocycles. The van der Waals surface area contributed by atoms with E-state index in [-0.39, 0.29) is 12.6 Å². The summed E-state index contributed by atoms with van der Waals surface area (Å²) >= 11 is 0. The fraction of sp³-hybridized carbons (Fsp3) is 0.875. The second kappa shape index (κ2) is 4.26. The molecule has 0 amide bonds. The molecule has 14 heavy (non-hydrogen) atoms. The zero-order chi connectivity index (χ0) is 10.8. The van der Waals surface area contributed by atoms with Crippen molar-refractivity contribution in [1.82, 2.24) is 4.31 Å². The highest BCUT2D eigenvalue weighted by Gasteiger charge is 2.36. The molecule has 1 aliphatic heterocycles. The van der Waals surface area contributed by atoms with Crippen LogP contribution < -0.4 is 0 Å². The van der Waals surface area contributed by atoms with Crippen molar-refractivity contribution in [2.24, 2.45) is 0 Å². The summed E-state index contributed by atoms with van der Waals surface area (Å²) in [7, 11) is -3.54. The molecule has 6 heteroatoms. The number of nitriles is 1. The zero-order valence-corrected chi connectivity index (χ0v) is 8.87. The molecule has 1 N–H and O–H groups in total. The van der Waals surface area contributed by atoms with Gasteiger partial charge in [-0.05, 0) is 19.8 Å². The topological polar surface area (TPSA) is 81.4 Å². The highest BCUT2D eigenvalue weighted by atomic mass is 32.2. The van der Waals surface area contributed by atoms with E-state index in [2.05, 4.69) is 0 Å². The van der Waals surface area contributed by atoms with Gasteiger partial charge in [0, 0.05) is 12.6 Å². The molecule has 0 saturated carbocycles. The van der Waals surface area contributed by atoms with E-state index < -0.39 is 15.3 Å². The minimum Gasteiger partial charge on any atom is -0.395 e. The van der Waals surface area contributed by atoms with Crippen LogP contribution in [0.3, 0.4) is 0 Å². The van der Waals surface area contributed by atoms with E-state index in [1.807, 2.05) is 0 Å². The van der Waals surface area contributed by atoms with Crippen LogP contribution >= 0.6 is 0 Å². The minimum absolute atomic E-state index is 0.169. The molecule has 0 bridgehead atoms. The van der Waals surface area contributed by atoms with Gasteiger partial charge in [-0.15, -0.1) is 0 Å². The van der Waals surface area contributed by atoms with Crippen LogP contribution in [0, 0.1) is 11.3 Å². The number of aliphatic hydroxyl groups is 1. The molecule has 1 aliphatic rings. The van der Waals surface area contributed by atoms with Crippen LogP contribution in [0.2, 0.25) is 0 Å². The van der Waals surface area contributed by atoms with E-state index in [4.69, 9.17) is 10.4 Å². The first kappa shape index (κ1) is 11.4. The molecule has 80 valence electrons. The van der Waals surface area contributed by atoms with Crippen LogP contribution in [-0.2, 0) is 10.0 Å². The van der Waals surface area contributed by atoms with Crippen LogP contribution in [0.4, 0.5) is 0 Å². The summed E-state index contributed by atoms with van der Waals surface area (Å²) in [5.74, 6) is 0. The molecule has 0 aromatic heterocycles. The molecule has 0 radical (unpaired) electrons.